The summed E-state index contributed by atoms with van der Waals surface area (Å²) in [7, 11) is 0. The van der Waals surface area contributed by atoms with Gasteiger partial charge in [-0.05, 0) is 32.3 Å². The van der Waals surface area contributed by atoms with Crippen LogP contribution in [0, 0.1) is 0 Å². The van der Waals surface area contributed by atoms with Crippen molar-refractivity contribution in [3.05, 3.63) is 132 Å². The first-order valence-electron chi connectivity index (χ1n) is 11.2. The van der Waals surface area contributed by atoms with Crippen LogP contribution in [-0.4, -0.2) is 17.7 Å². The van der Waals surface area contributed by atoms with E-state index in [4.69, 9.17) is 0 Å². The molecule has 6 aromatic carbocycles. The van der Waals surface area contributed by atoms with E-state index < -0.39 is 0 Å². The van der Waals surface area contributed by atoms with E-state index in [-0.39, 0.29) is 5.78 Å². The number of nitrogens with zero attached hydrogens (tertiary/aromatic N) is 2. The predicted molar refractivity (Wildman–Crippen MR) is 141 cm³/mol. The van der Waals surface area contributed by atoms with Crippen LogP contribution in [-0.2, 0) is 0 Å². The van der Waals surface area contributed by atoms with E-state index in [0.717, 1.165) is 16.5 Å². The van der Waals surface area contributed by atoms with Crippen LogP contribution >= 0.6 is 0 Å². The van der Waals surface area contributed by atoms with Gasteiger partial charge in [0, 0.05) is 16.7 Å². The van der Waals surface area contributed by atoms with Crippen molar-refractivity contribution in [3.8, 4) is 0 Å². The Morgan fingerprint density at radius 1 is 0.559 bits per heavy atom. The molecule has 34 heavy (non-hydrogen) atoms. The van der Waals surface area contributed by atoms with Gasteiger partial charge in [0.25, 0.3) is 0 Å². The first kappa shape index (κ1) is 20.0. The summed E-state index contributed by atoms with van der Waals surface area (Å²) in [5.74, 6) is -0.153. The number of benzene rings is 6. The van der Waals surface area contributed by atoms with Crippen molar-refractivity contribution >= 4 is 50.0 Å². The summed E-state index contributed by atoms with van der Waals surface area (Å²) in [5.41, 5.74) is 2.61. The smallest absolute Gasteiger partial charge is 0.213 e. The molecule has 0 spiro atoms. The Balaban J connectivity index is 1.46. The molecule has 3 nitrogen and oxygen atoms in total. The van der Waals surface area contributed by atoms with Gasteiger partial charge >= 0.3 is 0 Å². The average molecular weight is 437 g/mol. The molecule has 6 aromatic rings. The third-order valence-electron chi connectivity index (χ3n) is 6.22. The maximum Gasteiger partial charge on any atom is 0.213 e. The van der Waals surface area contributed by atoms with Crippen molar-refractivity contribution in [2.45, 2.75) is 0 Å². The molecule has 0 radical (unpaired) electrons. The fourth-order valence-electron chi connectivity index (χ4n) is 4.58. The summed E-state index contributed by atoms with van der Waals surface area (Å²) in [6.07, 6.45) is 1.74. The molecule has 0 aliphatic rings. The number of Topliss-reactive ketones (excluding diaryl/α,β-unsaturated/α-hetero) is 1. The Morgan fingerprint density at radius 3 is 1.85 bits per heavy atom. The number of carbonyl (C=O) groups excluding carboxylic acids is 1. The minimum absolute atomic E-state index is 0.153. The molecule has 0 fully saturated rings. The summed E-state index contributed by atoms with van der Waals surface area (Å²) < 4.78 is 0. The Hall–Kier alpha value is -4.63. The van der Waals surface area contributed by atoms with Crippen molar-refractivity contribution in [1.29, 1.82) is 0 Å². The molecule has 0 aromatic heterocycles. The van der Waals surface area contributed by atoms with E-state index in [9.17, 15) is 4.79 Å². The lowest BCUT2D eigenvalue weighted by atomic mass is 9.92. The largest absolute Gasteiger partial charge is 0.287 e. The van der Waals surface area contributed by atoms with Gasteiger partial charge in [0.2, 0.25) is 5.78 Å². The monoisotopic (exact) mass is 436 g/mol. The molecule has 0 N–H and O–H groups in total. The minimum Gasteiger partial charge on any atom is -0.287 e. The highest BCUT2D eigenvalue weighted by Crippen LogP contribution is 2.35. The Morgan fingerprint density at radius 2 is 1.15 bits per heavy atom. The molecule has 0 atom stereocenters. The molecule has 0 amide bonds. The molecular weight excluding hydrogens is 416 g/mol. The van der Waals surface area contributed by atoms with Gasteiger partial charge in [-0.2, -0.15) is 5.10 Å². The molecule has 6 rings (SSSR count). The van der Waals surface area contributed by atoms with Crippen LogP contribution in [0.25, 0.3) is 32.3 Å². The average Bonchev–Trinajstić information content (AvgIpc) is 2.91. The lowest BCUT2D eigenvalue weighted by Gasteiger charge is -2.12. The highest BCUT2D eigenvalue weighted by atomic mass is 16.1. The second-order valence-electron chi connectivity index (χ2n) is 8.27. The fraction of sp³-hybridized carbons (Fsp3) is 0. The van der Waals surface area contributed by atoms with Crippen LogP contribution in [0.15, 0.2) is 125 Å². The first-order valence-corrected chi connectivity index (χ1v) is 11.2. The lowest BCUT2D eigenvalue weighted by Crippen LogP contribution is -2.15. The second-order valence-corrected chi connectivity index (χ2v) is 8.27. The molecule has 0 bridgehead atoms. The molecular formula is C31H20N2O. The van der Waals surface area contributed by atoms with Gasteiger partial charge in [-0.15, -0.1) is 5.10 Å². The van der Waals surface area contributed by atoms with Crippen LogP contribution in [0.2, 0.25) is 0 Å². The molecule has 160 valence electrons. The SMILES string of the molecule is O=C(/C(=N\N=C\c1ccc2ccc3cccc4ccc1c2c34)c1ccccc1)c1ccccc1. The van der Waals surface area contributed by atoms with Crippen molar-refractivity contribution in [3.63, 3.8) is 0 Å². The van der Waals surface area contributed by atoms with Gasteiger partial charge in [0.05, 0.1) is 6.21 Å². The van der Waals surface area contributed by atoms with Gasteiger partial charge in [-0.3, -0.25) is 4.79 Å². The van der Waals surface area contributed by atoms with E-state index in [1.807, 2.05) is 48.5 Å². The molecule has 0 aliphatic heterocycles. The third-order valence-corrected chi connectivity index (χ3v) is 6.22. The summed E-state index contributed by atoms with van der Waals surface area (Å²) in [5, 5.41) is 16.1. The standard InChI is InChI=1S/C31H20N2O/c34-31(25-10-5-2-6-11-25)30(24-8-3-1-4-9-24)33-32-20-26-17-16-23-15-14-21-12-7-13-22-18-19-27(26)29(23)28(21)22/h1-20H/b32-20+,33-30-. The van der Waals surface area contributed by atoms with Crippen molar-refractivity contribution in [2.24, 2.45) is 10.2 Å². The second kappa shape index (κ2) is 8.38. The quantitative estimate of drug-likeness (QED) is 0.121. The molecule has 3 heteroatoms. The van der Waals surface area contributed by atoms with Crippen molar-refractivity contribution in [1.82, 2.24) is 0 Å². The van der Waals surface area contributed by atoms with E-state index in [0.29, 0.717) is 11.3 Å². The number of rotatable bonds is 5. The first-order chi connectivity index (χ1) is 16.8. The van der Waals surface area contributed by atoms with Crippen LogP contribution in [0.5, 0.6) is 0 Å². The predicted octanol–water partition coefficient (Wildman–Crippen LogP) is 7.29. The van der Waals surface area contributed by atoms with E-state index in [1.165, 1.54) is 26.9 Å². The van der Waals surface area contributed by atoms with Crippen LogP contribution < -0.4 is 0 Å². The van der Waals surface area contributed by atoms with Gasteiger partial charge in [-0.1, -0.05) is 115 Å². The molecule has 0 saturated heterocycles. The summed E-state index contributed by atoms with van der Waals surface area (Å²) in [6.45, 7) is 0. The molecule has 0 unspecified atom stereocenters. The van der Waals surface area contributed by atoms with Crippen LogP contribution in [0.1, 0.15) is 21.5 Å². The molecule has 0 saturated carbocycles. The summed E-state index contributed by atoms with van der Waals surface area (Å²) in [6, 6.07) is 37.8. The normalized spacial score (nSPS) is 12.3. The number of carbonyl (C=O) groups is 1. The van der Waals surface area contributed by atoms with Crippen molar-refractivity contribution < 1.29 is 4.79 Å². The van der Waals surface area contributed by atoms with E-state index in [2.05, 4.69) is 64.8 Å². The zero-order valence-electron chi connectivity index (χ0n) is 18.3. The topological polar surface area (TPSA) is 41.8 Å². The zero-order chi connectivity index (χ0) is 22.9. The van der Waals surface area contributed by atoms with Crippen LogP contribution in [0.4, 0.5) is 0 Å². The van der Waals surface area contributed by atoms with Gasteiger partial charge < -0.3 is 0 Å². The molecule has 0 heterocycles. The molecule has 0 aliphatic carbocycles. The minimum atomic E-state index is -0.153. The highest BCUT2D eigenvalue weighted by molar-refractivity contribution is 6.51. The lowest BCUT2D eigenvalue weighted by molar-refractivity contribution is 0.106. The van der Waals surface area contributed by atoms with Crippen molar-refractivity contribution in [2.75, 3.05) is 0 Å². The maximum atomic E-state index is 13.2. The van der Waals surface area contributed by atoms with Gasteiger partial charge in [-0.25, -0.2) is 0 Å². The van der Waals surface area contributed by atoms with Crippen LogP contribution in [0.3, 0.4) is 0 Å². The fourth-order valence-corrected chi connectivity index (χ4v) is 4.58. The Labute approximate surface area is 197 Å². The van der Waals surface area contributed by atoms with Gasteiger partial charge in [0.1, 0.15) is 5.71 Å². The number of hydrogen-bond donors (Lipinski definition) is 0. The summed E-state index contributed by atoms with van der Waals surface area (Å²) in [4.78, 5) is 13.2. The number of ketones is 1. The third kappa shape index (κ3) is 3.44. The Bertz CT molecular complexity index is 1680. The zero-order valence-corrected chi connectivity index (χ0v) is 18.3. The Kier molecular flexibility index (Phi) is 4.93. The van der Waals surface area contributed by atoms with E-state index >= 15 is 0 Å². The summed E-state index contributed by atoms with van der Waals surface area (Å²) >= 11 is 0. The number of hydrogen-bond acceptors (Lipinski definition) is 3. The highest BCUT2D eigenvalue weighted by Gasteiger charge is 2.16. The van der Waals surface area contributed by atoms with Gasteiger partial charge in [0.15, 0.2) is 0 Å². The van der Waals surface area contributed by atoms with E-state index in [1.54, 1.807) is 18.3 Å². The maximum absolute atomic E-state index is 13.2.